The van der Waals surface area contributed by atoms with Crippen molar-refractivity contribution in [1.29, 1.82) is 0 Å². The number of aliphatic hydroxyl groups is 1. The number of hydrogen-bond acceptors (Lipinski definition) is 5. The molecule has 0 unspecified atom stereocenters. The van der Waals surface area contributed by atoms with Crippen molar-refractivity contribution in [2.24, 2.45) is 0 Å². The standard InChI is InChI=1S/C21H23F2NO5/c1-12-4-6-14(19(23)18(12)22)21(26)24-8-9-29-17(11-25)20(24)13-5-7-15(27-2)16(10-13)28-3/h4-7,10,17,20,25H,8-9,11H2,1-3H3/t17-,20-/m1/s1. The molecule has 2 atom stereocenters. The number of amides is 1. The average Bonchev–Trinajstić information content (AvgIpc) is 2.76. The van der Waals surface area contributed by atoms with Crippen molar-refractivity contribution in [2.75, 3.05) is 34.0 Å². The molecule has 1 aliphatic rings. The molecule has 1 aliphatic heterocycles. The number of aliphatic hydroxyl groups excluding tert-OH is 1. The zero-order chi connectivity index (χ0) is 21.1. The van der Waals surface area contributed by atoms with Crippen LogP contribution in [0.4, 0.5) is 8.78 Å². The molecular formula is C21H23F2NO5. The van der Waals surface area contributed by atoms with Gasteiger partial charge in [-0.15, -0.1) is 0 Å². The third kappa shape index (κ3) is 3.90. The molecule has 2 aromatic rings. The number of methoxy groups -OCH3 is 2. The molecule has 1 heterocycles. The summed E-state index contributed by atoms with van der Waals surface area (Å²) in [7, 11) is 2.98. The highest BCUT2D eigenvalue weighted by molar-refractivity contribution is 5.95. The van der Waals surface area contributed by atoms with Crippen LogP contribution >= 0.6 is 0 Å². The van der Waals surface area contributed by atoms with Crippen LogP contribution in [0.1, 0.15) is 27.5 Å². The normalized spacial score (nSPS) is 19.2. The number of nitrogens with zero attached hydrogens (tertiary/aromatic N) is 1. The largest absolute Gasteiger partial charge is 0.493 e. The molecular weight excluding hydrogens is 384 g/mol. The van der Waals surface area contributed by atoms with Gasteiger partial charge in [0.2, 0.25) is 0 Å². The van der Waals surface area contributed by atoms with Crippen molar-refractivity contribution >= 4 is 5.91 Å². The Hall–Kier alpha value is -2.71. The number of carbonyl (C=O) groups excluding carboxylic acids is 1. The van der Waals surface area contributed by atoms with Gasteiger partial charge in [0.25, 0.3) is 5.91 Å². The van der Waals surface area contributed by atoms with Crippen LogP contribution in [0.2, 0.25) is 0 Å². The van der Waals surface area contributed by atoms with Gasteiger partial charge < -0.3 is 24.2 Å². The SMILES string of the molecule is COc1ccc([C@@H]2[C@@H](CO)OCCN2C(=O)c2ccc(C)c(F)c2F)cc1OC. The first kappa shape index (κ1) is 21.0. The lowest BCUT2D eigenvalue weighted by atomic mass is 9.96. The quantitative estimate of drug-likeness (QED) is 0.826. The predicted octanol–water partition coefficient (Wildman–Crippen LogP) is 2.87. The molecule has 1 fully saturated rings. The summed E-state index contributed by atoms with van der Waals surface area (Å²) in [4.78, 5) is 14.5. The highest BCUT2D eigenvalue weighted by Gasteiger charge is 2.38. The molecule has 0 saturated carbocycles. The van der Waals surface area contributed by atoms with Gasteiger partial charge in [-0.2, -0.15) is 0 Å². The van der Waals surface area contributed by atoms with Gasteiger partial charge in [0.05, 0.1) is 39.0 Å². The molecule has 29 heavy (non-hydrogen) atoms. The van der Waals surface area contributed by atoms with Gasteiger partial charge in [-0.25, -0.2) is 8.78 Å². The van der Waals surface area contributed by atoms with E-state index < -0.39 is 29.7 Å². The second-order valence-corrected chi connectivity index (χ2v) is 6.71. The Balaban J connectivity index is 2.05. The van der Waals surface area contributed by atoms with Crippen LogP contribution < -0.4 is 9.47 Å². The summed E-state index contributed by atoms with van der Waals surface area (Å²) in [6.07, 6.45) is -0.732. The van der Waals surface area contributed by atoms with Crippen molar-refractivity contribution < 1.29 is 32.9 Å². The third-order valence-corrected chi connectivity index (χ3v) is 5.05. The Labute approximate surface area is 167 Å². The van der Waals surface area contributed by atoms with Gasteiger partial charge in [0.15, 0.2) is 23.1 Å². The van der Waals surface area contributed by atoms with Crippen LogP contribution in [0.25, 0.3) is 0 Å². The minimum absolute atomic E-state index is 0.116. The molecule has 8 heteroatoms. The number of carbonyl (C=O) groups is 1. The van der Waals surface area contributed by atoms with E-state index in [9.17, 15) is 18.7 Å². The summed E-state index contributed by atoms with van der Waals surface area (Å²) in [5, 5.41) is 9.80. The highest BCUT2D eigenvalue weighted by atomic mass is 19.2. The number of aryl methyl sites for hydroxylation is 1. The average molecular weight is 407 g/mol. The van der Waals surface area contributed by atoms with E-state index in [4.69, 9.17) is 14.2 Å². The lowest BCUT2D eigenvalue weighted by Crippen LogP contribution is -2.49. The maximum absolute atomic E-state index is 14.5. The zero-order valence-electron chi connectivity index (χ0n) is 16.4. The Morgan fingerprint density at radius 1 is 1.17 bits per heavy atom. The van der Waals surface area contributed by atoms with Gasteiger partial charge in [-0.05, 0) is 36.2 Å². The van der Waals surface area contributed by atoms with E-state index in [1.807, 2.05) is 0 Å². The second kappa shape index (κ2) is 8.75. The number of benzene rings is 2. The van der Waals surface area contributed by atoms with E-state index >= 15 is 0 Å². The minimum atomic E-state index is -1.19. The Kier molecular flexibility index (Phi) is 6.34. The van der Waals surface area contributed by atoms with Crippen LogP contribution in [0, 0.1) is 18.6 Å². The molecule has 0 aromatic heterocycles. The number of halogens is 2. The zero-order valence-corrected chi connectivity index (χ0v) is 16.4. The first-order valence-electron chi connectivity index (χ1n) is 9.12. The van der Waals surface area contributed by atoms with E-state index in [1.165, 1.54) is 38.2 Å². The first-order chi connectivity index (χ1) is 13.9. The van der Waals surface area contributed by atoms with E-state index in [1.54, 1.807) is 18.2 Å². The maximum atomic E-state index is 14.5. The Bertz CT molecular complexity index is 905. The van der Waals surface area contributed by atoms with Crippen molar-refractivity contribution in [3.8, 4) is 11.5 Å². The minimum Gasteiger partial charge on any atom is -0.493 e. The fourth-order valence-corrected chi connectivity index (χ4v) is 3.51. The molecule has 1 amide bonds. The van der Waals surface area contributed by atoms with Gasteiger partial charge in [0.1, 0.15) is 6.10 Å². The van der Waals surface area contributed by atoms with E-state index in [0.717, 1.165) is 0 Å². The number of ether oxygens (including phenoxy) is 3. The van der Waals surface area contributed by atoms with Crippen molar-refractivity contribution in [1.82, 2.24) is 4.90 Å². The van der Waals surface area contributed by atoms with Crippen LogP contribution in [0.3, 0.4) is 0 Å². The Morgan fingerprint density at radius 2 is 1.90 bits per heavy atom. The van der Waals surface area contributed by atoms with E-state index in [2.05, 4.69) is 0 Å². The fourth-order valence-electron chi connectivity index (χ4n) is 3.51. The van der Waals surface area contributed by atoms with E-state index in [-0.39, 0.29) is 30.9 Å². The molecule has 0 radical (unpaired) electrons. The monoisotopic (exact) mass is 407 g/mol. The third-order valence-electron chi connectivity index (χ3n) is 5.05. The molecule has 0 bridgehead atoms. The molecule has 1 saturated heterocycles. The van der Waals surface area contributed by atoms with Crippen LogP contribution in [-0.2, 0) is 4.74 Å². The fraction of sp³-hybridized carbons (Fsp3) is 0.381. The number of rotatable bonds is 5. The number of morpholine rings is 1. The lowest BCUT2D eigenvalue weighted by molar-refractivity contribution is -0.0812. The smallest absolute Gasteiger partial charge is 0.257 e. The number of hydrogen-bond donors (Lipinski definition) is 1. The van der Waals surface area contributed by atoms with Gasteiger partial charge in [0, 0.05) is 6.54 Å². The van der Waals surface area contributed by atoms with Crippen LogP contribution in [0.15, 0.2) is 30.3 Å². The summed E-state index contributed by atoms with van der Waals surface area (Å²) in [5.41, 5.74) is 0.366. The van der Waals surface area contributed by atoms with Crippen molar-refractivity contribution in [2.45, 2.75) is 19.1 Å². The van der Waals surface area contributed by atoms with Crippen LogP contribution in [0.5, 0.6) is 11.5 Å². The molecule has 0 aliphatic carbocycles. The second-order valence-electron chi connectivity index (χ2n) is 6.71. The maximum Gasteiger partial charge on any atom is 0.257 e. The summed E-state index contributed by atoms with van der Waals surface area (Å²) >= 11 is 0. The summed E-state index contributed by atoms with van der Waals surface area (Å²) in [6.45, 7) is 1.39. The first-order valence-corrected chi connectivity index (χ1v) is 9.12. The lowest BCUT2D eigenvalue weighted by Gasteiger charge is -2.41. The van der Waals surface area contributed by atoms with E-state index in [0.29, 0.717) is 17.1 Å². The highest BCUT2D eigenvalue weighted by Crippen LogP contribution is 2.36. The topological polar surface area (TPSA) is 68.2 Å². The van der Waals surface area contributed by atoms with Crippen LogP contribution in [-0.4, -0.2) is 56.0 Å². The van der Waals surface area contributed by atoms with Crippen molar-refractivity contribution in [3.05, 3.63) is 58.7 Å². The molecule has 0 spiro atoms. The molecule has 1 N–H and O–H groups in total. The van der Waals surface area contributed by atoms with Gasteiger partial charge >= 0.3 is 0 Å². The molecule has 3 rings (SSSR count). The molecule has 6 nitrogen and oxygen atoms in total. The molecule has 2 aromatic carbocycles. The van der Waals surface area contributed by atoms with Gasteiger partial charge in [-0.3, -0.25) is 4.79 Å². The Morgan fingerprint density at radius 3 is 2.55 bits per heavy atom. The predicted molar refractivity (Wildman–Crippen MR) is 101 cm³/mol. The van der Waals surface area contributed by atoms with Gasteiger partial charge in [-0.1, -0.05) is 12.1 Å². The van der Waals surface area contributed by atoms with Crippen molar-refractivity contribution in [3.63, 3.8) is 0 Å². The molecule has 156 valence electrons. The summed E-state index contributed by atoms with van der Waals surface area (Å²) in [5.74, 6) is -1.98. The summed E-state index contributed by atoms with van der Waals surface area (Å²) < 4.78 is 44.7. The summed E-state index contributed by atoms with van der Waals surface area (Å²) in [6, 6.07) is 6.98.